The summed E-state index contributed by atoms with van der Waals surface area (Å²) >= 11 is 0. The summed E-state index contributed by atoms with van der Waals surface area (Å²) in [5, 5.41) is 3.70. The zero-order valence-corrected chi connectivity index (χ0v) is 12.3. The van der Waals surface area contributed by atoms with Gasteiger partial charge in [-0.1, -0.05) is 13.8 Å². The smallest absolute Gasteiger partial charge is 0.0109 e. The van der Waals surface area contributed by atoms with E-state index in [0.717, 1.165) is 12.0 Å². The maximum absolute atomic E-state index is 3.70. The van der Waals surface area contributed by atoms with Gasteiger partial charge < -0.3 is 15.1 Å². The van der Waals surface area contributed by atoms with Crippen LogP contribution in [0.25, 0.3) is 0 Å². The van der Waals surface area contributed by atoms with E-state index in [1.54, 1.807) is 0 Å². The molecular formula is C15H31N3. The average molecular weight is 253 g/mol. The molecule has 0 radical (unpaired) electrons. The van der Waals surface area contributed by atoms with Crippen LogP contribution >= 0.6 is 0 Å². The fourth-order valence-electron chi connectivity index (χ4n) is 2.96. The van der Waals surface area contributed by atoms with E-state index in [1.807, 2.05) is 0 Å². The Hall–Kier alpha value is -0.120. The van der Waals surface area contributed by atoms with Crippen molar-refractivity contribution in [2.45, 2.75) is 45.6 Å². The second kappa shape index (κ2) is 7.46. The Morgan fingerprint density at radius 2 is 1.94 bits per heavy atom. The average Bonchev–Trinajstić information content (AvgIpc) is 3.22. The van der Waals surface area contributed by atoms with Crippen LogP contribution in [0.3, 0.4) is 0 Å². The van der Waals surface area contributed by atoms with Crippen LogP contribution in [0.4, 0.5) is 0 Å². The number of likely N-dealkylation sites (tertiary alicyclic amines) is 1. The molecule has 0 amide bonds. The lowest BCUT2D eigenvalue weighted by molar-refractivity contribution is 0.150. The predicted octanol–water partition coefficient (Wildman–Crippen LogP) is 1.79. The van der Waals surface area contributed by atoms with Gasteiger partial charge in [-0.15, -0.1) is 0 Å². The lowest BCUT2D eigenvalue weighted by Crippen LogP contribution is -2.43. The van der Waals surface area contributed by atoms with E-state index >= 15 is 0 Å². The van der Waals surface area contributed by atoms with Crippen LogP contribution in [0, 0.1) is 5.92 Å². The van der Waals surface area contributed by atoms with Crippen molar-refractivity contribution in [2.75, 3.05) is 45.8 Å². The van der Waals surface area contributed by atoms with E-state index in [4.69, 9.17) is 0 Å². The maximum Gasteiger partial charge on any atom is 0.0109 e. The maximum atomic E-state index is 3.70. The first-order valence-electron chi connectivity index (χ1n) is 8.00. The van der Waals surface area contributed by atoms with Gasteiger partial charge in [0.05, 0.1) is 0 Å². The molecule has 1 atom stereocenters. The number of hydrogen-bond acceptors (Lipinski definition) is 3. The molecule has 106 valence electrons. The predicted molar refractivity (Wildman–Crippen MR) is 78.0 cm³/mol. The third-order valence-corrected chi connectivity index (χ3v) is 4.50. The Labute approximate surface area is 113 Å². The Balaban J connectivity index is 1.62. The highest BCUT2D eigenvalue weighted by molar-refractivity contribution is 4.83. The summed E-state index contributed by atoms with van der Waals surface area (Å²) in [7, 11) is 0. The highest BCUT2D eigenvalue weighted by Gasteiger charge is 2.24. The van der Waals surface area contributed by atoms with Crippen molar-refractivity contribution in [3.8, 4) is 0 Å². The summed E-state index contributed by atoms with van der Waals surface area (Å²) in [6.07, 6.45) is 5.66. The molecule has 2 fully saturated rings. The van der Waals surface area contributed by atoms with Gasteiger partial charge >= 0.3 is 0 Å². The zero-order chi connectivity index (χ0) is 12.8. The first kappa shape index (κ1) is 14.3. The summed E-state index contributed by atoms with van der Waals surface area (Å²) in [5.74, 6) is 0.899. The SMILES string of the molecule is CCN(CC)CCN1CCCC(CNC2CC2)C1. The van der Waals surface area contributed by atoms with Crippen LogP contribution in [0.15, 0.2) is 0 Å². The molecule has 0 bridgehead atoms. The lowest BCUT2D eigenvalue weighted by atomic mass is 9.98. The van der Waals surface area contributed by atoms with Crippen LogP contribution in [0.2, 0.25) is 0 Å². The normalized spacial score (nSPS) is 25.8. The number of hydrogen-bond donors (Lipinski definition) is 1. The number of nitrogens with one attached hydrogen (secondary N) is 1. The highest BCUT2D eigenvalue weighted by atomic mass is 15.2. The fourth-order valence-corrected chi connectivity index (χ4v) is 2.96. The molecule has 2 aliphatic rings. The van der Waals surface area contributed by atoms with Gasteiger partial charge in [0.25, 0.3) is 0 Å². The Morgan fingerprint density at radius 1 is 1.17 bits per heavy atom. The van der Waals surface area contributed by atoms with Crippen molar-refractivity contribution in [1.29, 1.82) is 0 Å². The van der Waals surface area contributed by atoms with Crippen LogP contribution in [-0.4, -0.2) is 61.7 Å². The van der Waals surface area contributed by atoms with Crippen molar-refractivity contribution in [1.82, 2.24) is 15.1 Å². The molecule has 1 unspecified atom stereocenters. The van der Waals surface area contributed by atoms with Crippen LogP contribution in [0.1, 0.15) is 39.5 Å². The van der Waals surface area contributed by atoms with Gasteiger partial charge in [-0.05, 0) is 57.8 Å². The summed E-state index contributed by atoms with van der Waals surface area (Å²) in [6.45, 7) is 13.3. The second-order valence-corrected chi connectivity index (χ2v) is 6.02. The van der Waals surface area contributed by atoms with Crippen molar-refractivity contribution in [2.24, 2.45) is 5.92 Å². The second-order valence-electron chi connectivity index (χ2n) is 6.02. The molecule has 1 saturated carbocycles. The Morgan fingerprint density at radius 3 is 2.61 bits per heavy atom. The molecule has 1 aliphatic carbocycles. The molecule has 1 saturated heterocycles. The van der Waals surface area contributed by atoms with E-state index in [1.165, 1.54) is 71.5 Å². The molecule has 1 aliphatic heterocycles. The monoisotopic (exact) mass is 253 g/mol. The topological polar surface area (TPSA) is 18.5 Å². The van der Waals surface area contributed by atoms with E-state index in [0.29, 0.717) is 0 Å². The first-order chi connectivity index (χ1) is 8.81. The van der Waals surface area contributed by atoms with E-state index < -0.39 is 0 Å². The minimum atomic E-state index is 0.871. The Bertz CT molecular complexity index is 224. The molecular weight excluding hydrogens is 222 g/mol. The number of piperidine rings is 1. The highest BCUT2D eigenvalue weighted by Crippen LogP contribution is 2.21. The van der Waals surface area contributed by atoms with E-state index in [2.05, 4.69) is 29.0 Å². The van der Waals surface area contributed by atoms with Gasteiger partial charge in [-0.2, -0.15) is 0 Å². The van der Waals surface area contributed by atoms with Crippen LogP contribution < -0.4 is 5.32 Å². The standard InChI is InChI=1S/C15H31N3/c1-3-17(4-2)10-11-18-9-5-6-14(13-18)12-16-15-7-8-15/h14-16H,3-13H2,1-2H3. The molecule has 18 heavy (non-hydrogen) atoms. The van der Waals surface area contributed by atoms with Crippen molar-refractivity contribution >= 4 is 0 Å². The van der Waals surface area contributed by atoms with Gasteiger partial charge in [-0.25, -0.2) is 0 Å². The summed E-state index contributed by atoms with van der Waals surface area (Å²) in [4.78, 5) is 5.22. The molecule has 0 aromatic carbocycles. The molecule has 0 aromatic rings. The third kappa shape index (κ3) is 4.87. The molecule has 1 heterocycles. The lowest BCUT2D eigenvalue weighted by Gasteiger charge is -2.34. The van der Waals surface area contributed by atoms with Gasteiger partial charge in [0.15, 0.2) is 0 Å². The quantitative estimate of drug-likeness (QED) is 0.711. The molecule has 0 spiro atoms. The minimum Gasteiger partial charge on any atom is -0.314 e. The third-order valence-electron chi connectivity index (χ3n) is 4.50. The molecule has 2 rings (SSSR count). The van der Waals surface area contributed by atoms with E-state index in [9.17, 15) is 0 Å². The van der Waals surface area contributed by atoms with Gasteiger partial charge in [-0.3, -0.25) is 0 Å². The van der Waals surface area contributed by atoms with Crippen molar-refractivity contribution in [3.05, 3.63) is 0 Å². The Kier molecular flexibility index (Phi) is 5.93. The largest absolute Gasteiger partial charge is 0.314 e. The molecule has 3 heteroatoms. The molecule has 3 nitrogen and oxygen atoms in total. The van der Waals surface area contributed by atoms with E-state index in [-0.39, 0.29) is 0 Å². The van der Waals surface area contributed by atoms with Crippen molar-refractivity contribution < 1.29 is 0 Å². The van der Waals surface area contributed by atoms with Crippen molar-refractivity contribution in [3.63, 3.8) is 0 Å². The zero-order valence-electron chi connectivity index (χ0n) is 12.3. The molecule has 0 aromatic heterocycles. The van der Waals surface area contributed by atoms with Gasteiger partial charge in [0.2, 0.25) is 0 Å². The summed E-state index contributed by atoms with van der Waals surface area (Å²) in [6, 6.07) is 0.871. The first-order valence-corrected chi connectivity index (χ1v) is 8.00. The summed E-state index contributed by atoms with van der Waals surface area (Å²) in [5.41, 5.74) is 0. The van der Waals surface area contributed by atoms with Gasteiger partial charge in [0.1, 0.15) is 0 Å². The number of nitrogens with zero attached hydrogens (tertiary/aromatic N) is 2. The minimum absolute atomic E-state index is 0.871. The fraction of sp³-hybridized carbons (Fsp3) is 1.00. The van der Waals surface area contributed by atoms with Crippen LogP contribution in [0.5, 0.6) is 0 Å². The van der Waals surface area contributed by atoms with Gasteiger partial charge in [0, 0.05) is 25.7 Å². The molecule has 1 N–H and O–H groups in total. The summed E-state index contributed by atoms with van der Waals surface area (Å²) < 4.78 is 0. The number of rotatable bonds is 8. The van der Waals surface area contributed by atoms with Crippen LogP contribution in [-0.2, 0) is 0 Å². The number of likely N-dealkylation sites (N-methyl/N-ethyl adjacent to an activating group) is 1.